The van der Waals surface area contributed by atoms with Gasteiger partial charge in [-0.2, -0.15) is 5.10 Å². The lowest BCUT2D eigenvalue weighted by Crippen LogP contribution is -2.38. The first-order valence-electron chi connectivity index (χ1n) is 8.08. The van der Waals surface area contributed by atoms with E-state index < -0.39 is 0 Å². The minimum absolute atomic E-state index is 0.0727. The Bertz CT molecular complexity index is 838. The normalized spacial score (nSPS) is 19.8. The van der Waals surface area contributed by atoms with Crippen molar-refractivity contribution in [1.82, 2.24) is 10.2 Å². The van der Waals surface area contributed by atoms with Gasteiger partial charge in [-0.1, -0.05) is 42.5 Å². The van der Waals surface area contributed by atoms with Crippen molar-refractivity contribution in [3.8, 4) is 0 Å². The van der Waals surface area contributed by atoms with Crippen LogP contribution in [-0.4, -0.2) is 28.4 Å². The first-order valence-corrected chi connectivity index (χ1v) is 8.08. The summed E-state index contributed by atoms with van der Waals surface area (Å²) in [5.74, 6) is -0.309. The van der Waals surface area contributed by atoms with Crippen LogP contribution in [0, 0.1) is 0 Å². The van der Waals surface area contributed by atoms with Gasteiger partial charge in [0.2, 0.25) is 0 Å². The van der Waals surface area contributed by atoms with E-state index >= 15 is 0 Å². The van der Waals surface area contributed by atoms with Crippen LogP contribution < -0.4 is 0 Å². The van der Waals surface area contributed by atoms with E-state index in [9.17, 15) is 4.79 Å². The number of aromatic amines is 1. The molecule has 5 nitrogen and oxygen atoms in total. The van der Waals surface area contributed by atoms with Gasteiger partial charge in [-0.15, -0.1) is 0 Å². The van der Waals surface area contributed by atoms with Crippen LogP contribution in [0.25, 0.3) is 10.9 Å². The van der Waals surface area contributed by atoms with E-state index in [0.717, 1.165) is 29.3 Å². The van der Waals surface area contributed by atoms with Crippen molar-refractivity contribution in [2.75, 3.05) is 0 Å². The molecule has 1 aliphatic rings. The third-order valence-electron chi connectivity index (χ3n) is 4.35. The molecule has 0 atom stereocenters. The lowest BCUT2D eigenvalue weighted by atomic mass is 9.92. The summed E-state index contributed by atoms with van der Waals surface area (Å²) in [4.78, 5) is 12.3. The number of nitrogens with zero attached hydrogens (tertiary/aromatic N) is 1. The van der Waals surface area contributed by atoms with Gasteiger partial charge < -0.3 is 9.47 Å². The Morgan fingerprint density at radius 3 is 2.75 bits per heavy atom. The van der Waals surface area contributed by atoms with Crippen LogP contribution >= 0.6 is 0 Å². The number of H-pyrrole nitrogens is 1. The Balaban J connectivity index is 1.29. The van der Waals surface area contributed by atoms with Crippen LogP contribution in [-0.2, 0) is 16.1 Å². The minimum Gasteiger partial charge on any atom is -0.459 e. The topological polar surface area (TPSA) is 64.2 Å². The van der Waals surface area contributed by atoms with E-state index in [4.69, 9.17) is 9.47 Å². The maximum atomic E-state index is 12.3. The molecule has 0 radical (unpaired) electrons. The number of carbonyl (C=O) groups is 1. The van der Waals surface area contributed by atoms with E-state index in [1.807, 2.05) is 42.5 Å². The van der Waals surface area contributed by atoms with Crippen LogP contribution in [0.4, 0.5) is 0 Å². The van der Waals surface area contributed by atoms with Gasteiger partial charge in [-0.3, -0.25) is 5.10 Å². The van der Waals surface area contributed by atoms with E-state index in [1.54, 1.807) is 12.3 Å². The van der Waals surface area contributed by atoms with Crippen molar-refractivity contribution < 1.29 is 14.3 Å². The number of carbonyl (C=O) groups excluding carboxylic acids is 1. The Morgan fingerprint density at radius 1 is 1.08 bits per heavy atom. The summed E-state index contributed by atoms with van der Waals surface area (Å²) in [7, 11) is 0. The molecule has 1 N–H and O–H groups in total. The van der Waals surface area contributed by atoms with Crippen LogP contribution in [0.1, 0.15) is 28.8 Å². The summed E-state index contributed by atoms with van der Waals surface area (Å²) in [5.41, 5.74) is 2.40. The molecule has 1 heterocycles. The predicted molar refractivity (Wildman–Crippen MR) is 89.6 cm³/mol. The fraction of sp³-hybridized carbons (Fsp3) is 0.263. The van der Waals surface area contributed by atoms with Crippen molar-refractivity contribution in [3.63, 3.8) is 0 Å². The molecular formula is C19H18N2O3. The molecular weight excluding hydrogens is 304 g/mol. The quantitative estimate of drug-likeness (QED) is 0.731. The second-order valence-electron chi connectivity index (χ2n) is 6.06. The zero-order valence-electron chi connectivity index (χ0n) is 13.1. The van der Waals surface area contributed by atoms with Crippen LogP contribution in [0.2, 0.25) is 0 Å². The molecule has 0 aliphatic heterocycles. The molecule has 2 aromatic carbocycles. The van der Waals surface area contributed by atoms with E-state index in [-0.39, 0.29) is 18.2 Å². The molecule has 0 bridgehead atoms. The number of benzene rings is 2. The molecule has 0 saturated heterocycles. The zero-order chi connectivity index (χ0) is 16.4. The molecule has 24 heavy (non-hydrogen) atoms. The molecule has 1 saturated carbocycles. The third-order valence-corrected chi connectivity index (χ3v) is 4.35. The SMILES string of the molecule is O=C(OC1CC(OCc2ccccc2)C1)c1cccc2cn[nH]c12. The van der Waals surface area contributed by atoms with Crippen LogP contribution in [0.15, 0.2) is 54.7 Å². The second-order valence-corrected chi connectivity index (χ2v) is 6.06. The van der Waals surface area contributed by atoms with Gasteiger partial charge >= 0.3 is 5.97 Å². The summed E-state index contributed by atoms with van der Waals surface area (Å²) in [6.07, 6.45) is 3.28. The smallest absolute Gasteiger partial charge is 0.340 e. The summed E-state index contributed by atoms with van der Waals surface area (Å²) < 4.78 is 11.4. The monoisotopic (exact) mass is 322 g/mol. The summed E-state index contributed by atoms with van der Waals surface area (Å²) >= 11 is 0. The average molecular weight is 322 g/mol. The molecule has 3 aromatic rings. The Hall–Kier alpha value is -2.66. The fourth-order valence-corrected chi connectivity index (χ4v) is 2.89. The van der Waals surface area contributed by atoms with Gasteiger partial charge in [-0.05, 0) is 11.6 Å². The highest BCUT2D eigenvalue weighted by Crippen LogP contribution is 2.28. The number of rotatable bonds is 5. The zero-order valence-corrected chi connectivity index (χ0v) is 13.1. The lowest BCUT2D eigenvalue weighted by molar-refractivity contribution is -0.0862. The van der Waals surface area contributed by atoms with Gasteiger partial charge in [0, 0.05) is 18.2 Å². The lowest BCUT2D eigenvalue weighted by Gasteiger charge is -2.34. The third kappa shape index (κ3) is 3.03. The van der Waals surface area contributed by atoms with Gasteiger partial charge in [0.15, 0.2) is 0 Å². The van der Waals surface area contributed by atoms with Crippen molar-refractivity contribution >= 4 is 16.9 Å². The number of hydrogen-bond acceptors (Lipinski definition) is 4. The Kier molecular flexibility index (Phi) is 4.01. The summed E-state index contributed by atoms with van der Waals surface area (Å²) in [6, 6.07) is 15.6. The number of esters is 1. The van der Waals surface area contributed by atoms with E-state index in [0.29, 0.717) is 12.2 Å². The molecule has 1 aromatic heterocycles. The summed E-state index contributed by atoms with van der Waals surface area (Å²) in [5, 5.41) is 7.72. The Morgan fingerprint density at radius 2 is 1.92 bits per heavy atom. The Labute approximate surface area is 139 Å². The van der Waals surface area contributed by atoms with Crippen LogP contribution in [0.5, 0.6) is 0 Å². The maximum Gasteiger partial charge on any atom is 0.340 e. The van der Waals surface area contributed by atoms with Gasteiger partial charge in [0.25, 0.3) is 0 Å². The standard InChI is InChI=1S/C19H18N2O3/c22-19(17-8-4-7-14-11-20-21-18(14)17)24-16-9-15(10-16)23-12-13-5-2-1-3-6-13/h1-8,11,15-16H,9-10,12H2,(H,20,21). The highest BCUT2D eigenvalue weighted by molar-refractivity contribution is 6.02. The van der Waals surface area contributed by atoms with E-state index in [2.05, 4.69) is 10.2 Å². The number of fused-ring (bicyclic) bond motifs is 1. The fourth-order valence-electron chi connectivity index (χ4n) is 2.89. The predicted octanol–water partition coefficient (Wildman–Crippen LogP) is 3.47. The first-order chi connectivity index (χ1) is 11.8. The summed E-state index contributed by atoms with van der Waals surface area (Å²) in [6.45, 7) is 0.597. The van der Waals surface area contributed by atoms with E-state index in [1.165, 1.54) is 0 Å². The number of para-hydroxylation sites is 1. The van der Waals surface area contributed by atoms with Crippen molar-refractivity contribution in [3.05, 3.63) is 65.9 Å². The molecule has 122 valence electrons. The van der Waals surface area contributed by atoms with Crippen molar-refractivity contribution in [1.29, 1.82) is 0 Å². The molecule has 0 unspecified atom stereocenters. The van der Waals surface area contributed by atoms with Gasteiger partial charge in [0.05, 0.1) is 30.0 Å². The van der Waals surface area contributed by atoms with Crippen LogP contribution in [0.3, 0.4) is 0 Å². The maximum absolute atomic E-state index is 12.3. The molecule has 0 spiro atoms. The van der Waals surface area contributed by atoms with Crippen molar-refractivity contribution in [2.45, 2.75) is 31.7 Å². The minimum atomic E-state index is -0.309. The highest BCUT2D eigenvalue weighted by atomic mass is 16.6. The number of nitrogens with one attached hydrogen (secondary N) is 1. The average Bonchev–Trinajstić information content (AvgIpc) is 3.06. The van der Waals surface area contributed by atoms with Gasteiger partial charge in [0.1, 0.15) is 6.10 Å². The number of ether oxygens (including phenoxy) is 2. The largest absolute Gasteiger partial charge is 0.459 e. The molecule has 4 rings (SSSR count). The number of aromatic nitrogens is 2. The second kappa shape index (κ2) is 6.45. The highest BCUT2D eigenvalue weighted by Gasteiger charge is 2.33. The molecule has 1 fully saturated rings. The first kappa shape index (κ1) is 14.9. The number of hydrogen-bond donors (Lipinski definition) is 1. The molecule has 5 heteroatoms. The molecule has 0 amide bonds. The molecule has 1 aliphatic carbocycles. The van der Waals surface area contributed by atoms with Crippen molar-refractivity contribution in [2.24, 2.45) is 0 Å². The van der Waals surface area contributed by atoms with Gasteiger partial charge in [-0.25, -0.2) is 4.79 Å².